The lowest BCUT2D eigenvalue weighted by Crippen LogP contribution is -2.10. The largest absolute Gasteiger partial charge is 0.492 e. The van der Waals surface area contributed by atoms with Crippen molar-refractivity contribution in [1.29, 1.82) is 0 Å². The lowest BCUT2D eigenvalue weighted by atomic mass is 10.1. The third-order valence-electron chi connectivity index (χ3n) is 3.80. The minimum Gasteiger partial charge on any atom is -0.492 e. The van der Waals surface area contributed by atoms with Crippen LogP contribution in [0.5, 0.6) is 5.75 Å². The highest BCUT2D eigenvalue weighted by Crippen LogP contribution is 2.31. The van der Waals surface area contributed by atoms with Gasteiger partial charge in [0.15, 0.2) is 5.82 Å². The first kappa shape index (κ1) is 15.6. The molecule has 0 radical (unpaired) electrons. The average molecular weight is 313 g/mol. The topological polar surface area (TPSA) is 92.0 Å². The van der Waals surface area contributed by atoms with Crippen molar-refractivity contribution in [2.45, 2.75) is 27.3 Å². The molecule has 6 nitrogen and oxygen atoms in total. The van der Waals surface area contributed by atoms with Crippen LogP contribution in [0.15, 0.2) is 18.2 Å². The third kappa shape index (κ3) is 2.82. The van der Waals surface area contributed by atoms with Gasteiger partial charge in [0.2, 0.25) is 0 Å². The van der Waals surface area contributed by atoms with E-state index >= 15 is 0 Å². The van der Waals surface area contributed by atoms with Crippen LogP contribution in [0, 0.1) is 12.8 Å². The van der Waals surface area contributed by atoms with E-state index in [9.17, 15) is 0 Å². The van der Waals surface area contributed by atoms with Crippen molar-refractivity contribution >= 4 is 27.8 Å². The molecular weight excluding hydrogens is 290 g/mol. The number of fused-ring (bicyclic) bond motifs is 3. The quantitative estimate of drug-likeness (QED) is 0.755. The molecule has 3 aromatic rings. The molecule has 0 aliphatic carbocycles. The summed E-state index contributed by atoms with van der Waals surface area (Å²) >= 11 is 0. The average Bonchev–Trinajstić information content (AvgIpc) is 2.82. The Bertz CT molecular complexity index is 853. The summed E-state index contributed by atoms with van der Waals surface area (Å²) in [6.45, 7) is 8.24. The summed E-state index contributed by atoms with van der Waals surface area (Å²) in [5.74, 6) is 2.68. The second-order valence-corrected chi connectivity index (χ2v) is 6.17. The molecule has 122 valence electrons. The van der Waals surface area contributed by atoms with Crippen molar-refractivity contribution in [2.24, 2.45) is 11.7 Å². The minimum atomic E-state index is 0.453. The van der Waals surface area contributed by atoms with Crippen molar-refractivity contribution in [3.8, 4) is 5.75 Å². The van der Waals surface area contributed by atoms with Crippen LogP contribution >= 0.6 is 0 Å². The molecule has 0 saturated carbocycles. The number of nitrogen functional groups attached to an aromatic ring is 1. The van der Waals surface area contributed by atoms with Crippen LogP contribution in [-0.2, 0) is 6.54 Å². The number of benzene rings is 1. The van der Waals surface area contributed by atoms with E-state index in [1.165, 1.54) is 0 Å². The Labute approximate surface area is 135 Å². The number of nitrogens with zero attached hydrogens (tertiary/aromatic N) is 3. The molecule has 4 N–H and O–H groups in total. The number of aryl methyl sites for hydroxylation is 1. The number of nitrogens with two attached hydrogens (primary N) is 2. The SMILES string of the molecule is Cc1nc2c(N)nc3cc(OCCN)ccc3c2n1CC(C)C. The van der Waals surface area contributed by atoms with Crippen molar-refractivity contribution < 1.29 is 4.74 Å². The number of ether oxygens (including phenoxy) is 1. The molecule has 0 bridgehead atoms. The summed E-state index contributed by atoms with van der Waals surface area (Å²) in [4.78, 5) is 9.11. The van der Waals surface area contributed by atoms with Crippen molar-refractivity contribution in [3.63, 3.8) is 0 Å². The lowest BCUT2D eigenvalue weighted by molar-refractivity contribution is 0.328. The van der Waals surface area contributed by atoms with Gasteiger partial charge >= 0.3 is 0 Å². The number of rotatable bonds is 5. The van der Waals surface area contributed by atoms with E-state index in [1.54, 1.807) is 0 Å². The molecular formula is C17H23N5O. The Balaban J connectivity index is 2.24. The normalized spacial score (nSPS) is 11.7. The first-order chi connectivity index (χ1) is 11.0. The minimum absolute atomic E-state index is 0.453. The van der Waals surface area contributed by atoms with Crippen LogP contribution in [0.3, 0.4) is 0 Å². The van der Waals surface area contributed by atoms with Gasteiger partial charge in [-0.05, 0) is 25.0 Å². The first-order valence-corrected chi connectivity index (χ1v) is 7.90. The van der Waals surface area contributed by atoms with Gasteiger partial charge < -0.3 is 20.8 Å². The maximum atomic E-state index is 6.14. The molecule has 2 aromatic heterocycles. The molecule has 0 aliphatic heterocycles. The van der Waals surface area contributed by atoms with E-state index in [-0.39, 0.29) is 0 Å². The Morgan fingerprint density at radius 2 is 2.04 bits per heavy atom. The van der Waals surface area contributed by atoms with E-state index in [2.05, 4.69) is 28.4 Å². The van der Waals surface area contributed by atoms with Crippen LogP contribution in [0.4, 0.5) is 5.82 Å². The zero-order chi connectivity index (χ0) is 16.6. The molecule has 0 aliphatic rings. The number of hydrogen-bond acceptors (Lipinski definition) is 5. The second-order valence-electron chi connectivity index (χ2n) is 6.17. The maximum absolute atomic E-state index is 6.14. The molecule has 0 fully saturated rings. The molecule has 1 aromatic carbocycles. The maximum Gasteiger partial charge on any atom is 0.152 e. The van der Waals surface area contributed by atoms with E-state index in [1.807, 2.05) is 25.1 Å². The fourth-order valence-electron chi connectivity index (χ4n) is 2.86. The fourth-order valence-corrected chi connectivity index (χ4v) is 2.86. The molecule has 2 heterocycles. The molecule has 0 amide bonds. The van der Waals surface area contributed by atoms with Crippen molar-refractivity contribution in [1.82, 2.24) is 14.5 Å². The lowest BCUT2D eigenvalue weighted by Gasteiger charge is -2.12. The van der Waals surface area contributed by atoms with Gasteiger partial charge in [0, 0.05) is 24.5 Å². The summed E-state index contributed by atoms with van der Waals surface area (Å²) in [7, 11) is 0. The summed E-state index contributed by atoms with van der Waals surface area (Å²) in [6.07, 6.45) is 0. The van der Waals surface area contributed by atoms with Crippen LogP contribution < -0.4 is 16.2 Å². The Kier molecular flexibility index (Phi) is 4.09. The Morgan fingerprint density at radius 3 is 2.74 bits per heavy atom. The number of aromatic nitrogens is 3. The molecule has 23 heavy (non-hydrogen) atoms. The van der Waals surface area contributed by atoms with Gasteiger partial charge in [0.1, 0.15) is 23.7 Å². The zero-order valence-electron chi connectivity index (χ0n) is 13.8. The number of pyridine rings is 1. The molecule has 0 spiro atoms. The van der Waals surface area contributed by atoms with Crippen LogP contribution in [0.1, 0.15) is 19.7 Å². The van der Waals surface area contributed by atoms with E-state index in [4.69, 9.17) is 16.2 Å². The Hall–Kier alpha value is -2.34. The van der Waals surface area contributed by atoms with Gasteiger partial charge in [-0.1, -0.05) is 13.8 Å². The number of anilines is 1. The Morgan fingerprint density at radius 1 is 1.26 bits per heavy atom. The molecule has 6 heteroatoms. The van der Waals surface area contributed by atoms with Gasteiger partial charge in [-0.15, -0.1) is 0 Å². The third-order valence-corrected chi connectivity index (χ3v) is 3.80. The van der Waals surface area contributed by atoms with Gasteiger partial charge in [0.25, 0.3) is 0 Å². The monoisotopic (exact) mass is 313 g/mol. The summed E-state index contributed by atoms with van der Waals surface area (Å²) in [5.41, 5.74) is 14.3. The summed E-state index contributed by atoms with van der Waals surface area (Å²) in [6, 6.07) is 5.87. The molecule has 0 atom stereocenters. The van der Waals surface area contributed by atoms with Gasteiger partial charge in [-0.2, -0.15) is 0 Å². The van der Waals surface area contributed by atoms with Crippen molar-refractivity contribution in [3.05, 3.63) is 24.0 Å². The van der Waals surface area contributed by atoms with E-state index in [0.717, 1.165) is 40.1 Å². The predicted octanol–water partition coefficient (Wildman–Crippen LogP) is 2.47. The predicted molar refractivity (Wildman–Crippen MR) is 93.6 cm³/mol. The van der Waals surface area contributed by atoms with Crippen LogP contribution in [-0.4, -0.2) is 27.7 Å². The second kappa shape index (κ2) is 6.04. The standard InChI is InChI=1S/C17H23N5O/c1-10(2)9-22-11(3)20-15-16(22)13-5-4-12(23-7-6-18)8-14(13)21-17(15)19/h4-5,8,10H,6-7,9,18H2,1-3H3,(H2,19,21). The zero-order valence-corrected chi connectivity index (χ0v) is 13.8. The summed E-state index contributed by atoms with van der Waals surface area (Å²) < 4.78 is 7.81. The smallest absolute Gasteiger partial charge is 0.152 e. The van der Waals surface area contributed by atoms with Crippen LogP contribution in [0.2, 0.25) is 0 Å². The van der Waals surface area contributed by atoms with Crippen LogP contribution in [0.25, 0.3) is 21.9 Å². The van der Waals surface area contributed by atoms with E-state index in [0.29, 0.717) is 24.9 Å². The molecule has 3 rings (SSSR count). The highest BCUT2D eigenvalue weighted by Gasteiger charge is 2.16. The number of hydrogen-bond donors (Lipinski definition) is 2. The highest BCUT2D eigenvalue weighted by molar-refractivity contribution is 6.06. The van der Waals surface area contributed by atoms with Gasteiger partial charge in [-0.25, -0.2) is 9.97 Å². The molecule has 0 saturated heterocycles. The molecule has 0 unspecified atom stereocenters. The highest BCUT2D eigenvalue weighted by atomic mass is 16.5. The van der Waals surface area contributed by atoms with Crippen molar-refractivity contribution in [2.75, 3.05) is 18.9 Å². The number of imidazole rings is 1. The first-order valence-electron chi connectivity index (χ1n) is 7.90. The van der Waals surface area contributed by atoms with Gasteiger partial charge in [0.05, 0.1) is 11.0 Å². The summed E-state index contributed by atoms with van der Waals surface area (Å²) in [5, 5.41) is 1.04. The van der Waals surface area contributed by atoms with Gasteiger partial charge in [-0.3, -0.25) is 0 Å². The fraction of sp³-hybridized carbons (Fsp3) is 0.412. The van der Waals surface area contributed by atoms with E-state index < -0.39 is 0 Å².